The second-order valence-corrected chi connectivity index (χ2v) is 10.00. The fourth-order valence-corrected chi connectivity index (χ4v) is 5.03. The minimum atomic E-state index is -0.626. The molecule has 11 heteroatoms. The van der Waals surface area contributed by atoms with E-state index in [1.54, 1.807) is 18.2 Å². The highest BCUT2D eigenvalue weighted by molar-refractivity contribution is 9.10. The molecule has 4 rings (SSSR count). The highest BCUT2D eigenvalue weighted by atomic mass is 79.9. The van der Waals surface area contributed by atoms with Crippen molar-refractivity contribution in [3.63, 3.8) is 0 Å². The van der Waals surface area contributed by atoms with Crippen LogP contribution >= 0.6 is 39.3 Å². The monoisotopic (exact) mass is 604 g/mol. The van der Waals surface area contributed by atoms with Crippen LogP contribution < -0.4 is 14.8 Å². The van der Waals surface area contributed by atoms with Crippen molar-refractivity contribution in [1.82, 2.24) is 4.90 Å². The molecule has 0 spiro atoms. The van der Waals surface area contributed by atoms with Crippen molar-refractivity contribution in [3.05, 3.63) is 92.0 Å². The fraction of sp³-hybridized carbons (Fsp3) is 0.115. The van der Waals surface area contributed by atoms with Crippen molar-refractivity contribution in [3.8, 4) is 11.5 Å². The van der Waals surface area contributed by atoms with Crippen LogP contribution in [0.25, 0.3) is 6.08 Å². The number of amides is 3. The van der Waals surface area contributed by atoms with Crippen molar-refractivity contribution in [2.24, 2.45) is 0 Å². The third-order valence-electron chi connectivity index (χ3n) is 5.16. The molecule has 1 saturated heterocycles. The van der Waals surface area contributed by atoms with Crippen LogP contribution in [0.15, 0.2) is 70.0 Å². The zero-order valence-electron chi connectivity index (χ0n) is 19.3. The number of carbonyl (C=O) groups excluding carboxylic acids is 3. The minimum absolute atomic E-state index is 0.141. The van der Waals surface area contributed by atoms with Gasteiger partial charge in [0.25, 0.3) is 11.1 Å². The van der Waals surface area contributed by atoms with Gasteiger partial charge < -0.3 is 14.8 Å². The Morgan fingerprint density at radius 3 is 2.68 bits per heavy atom. The summed E-state index contributed by atoms with van der Waals surface area (Å²) < 4.78 is 25.3. The van der Waals surface area contributed by atoms with Crippen molar-refractivity contribution in [2.75, 3.05) is 19.0 Å². The van der Waals surface area contributed by atoms with Gasteiger partial charge in [-0.15, -0.1) is 0 Å². The van der Waals surface area contributed by atoms with E-state index in [-0.39, 0.29) is 17.2 Å². The largest absolute Gasteiger partial charge is 0.493 e. The molecule has 1 aliphatic heterocycles. The molecule has 0 aromatic heterocycles. The number of imide groups is 1. The van der Waals surface area contributed by atoms with Gasteiger partial charge in [-0.05, 0) is 75.7 Å². The number of hydrogen-bond acceptors (Lipinski definition) is 6. The lowest BCUT2D eigenvalue weighted by atomic mass is 10.1. The van der Waals surface area contributed by atoms with Crippen LogP contribution in [0.1, 0.15) is 11.1 Å². The summed E-state index contributed by atoms with van der Waals surface area (Å²) in [7, 11) is 1.49. The third-order valence-corrected chi connectivity index (χ3v) is 7.03. The predicted octanol–water partition coefficient (Wildman–Crippen LogP) is 6.50. The summed E-state index contributed by atoms with van der Waals surface area (Å²) in [4.78, 5) is 38.6. The Bertz CT molecular complexity index is 1420. The first-order valence-corrected chi connectivity index (χ1v) is 12.8. The molecule has 0 atom stereocenters. The van der Waals surface area contributed by atoms with E-state index >= 15 is 0 Å². The van der Waals surface area contributed by atoms with E-state index in [1.807, 2.05) is 18.2 Å². The molecule has 0 radical (unpaired) electrons. The van der Waals surface area contributed by atoms with Gasteiger partial charge in [0.15, 0.2) is 11.5 Å². The van der Waals surface area contributed by atoms with Crippen molar-refractivity contribution >= 4 is 68.1 Å². The molecule has 37 heavy (non-hydrogen) atoms. The SMILES string of the molecule is COc1cc(/C=C2\SC(=O)N(CC(=O)Nc3cccc(F)c3)C2=O)cc(Br)c1OCc1ccccc1Cl. The van der Waals surface area contributed by atoms with Crippen LogP contribution in [0, 0.1) is 5.82 Å². The van der Waals surface area contributed by atoms with Gasteiger partial charge in [0.1, 0.15) is 19.0 Å². The number of thioether (sulfide) groups is 1. The Labute approximate surface area is 229 Å². The van der Waals surface area contributed by atoms with Crippen LogP contribution in [-0.4, -0.2) is 35.6 Å². The number of ether oxygens (including phenoxy) is 2. The summed E-state index contributed by atoms with van der Waals surface area (Å²) in [6.45, 7) is -0.287. The van der Waals surface area contributed by atoms with Gasteiger partial charge in [0.05, 0.1) is 16.5 Å². The molecular formula is C26H19BrClFN2O5S. The Kier molecular flexibility index (Phi) is 8.52. The molecule has 1 heterocycles. The van der Waals surface area contributed by atoms with E-state index in [1.165, 1.54) is 31.4 Å². The van der Waals surface area contributed by atoms with Gasteiger partial charge in [-0.1, -0.05) is 35.9 Å². The van der Waals surface area contributed by atoms with Gasteiger partial charge in [-0.25, -0.2) is 4.39 Å². The highest BCUT2D eigenvalue weighted by Gasteiger charge is 2.36. The van der Waals surface area contributed by atoms with E-state index in [2.05, 4.69) is 21.2 Å². The Morgan fingerprint density at radius 2 is 1.95 bits per heavy atom. The molecule has 1 N–H and O–H groups in total. The quantitative estimate of drug-likeness (QED) is 0.295. The summed E-state index contributed by atoms with van der Waals surface area (Å²) in [5.74, 6) is -0.908. The van der Waals surface area contributed by atoms with Gasteiger partial charge >= 0.3 is 0 Å². The standard InChI is InChI=1S/C26H19BrClFN2O5S/c1-35-21-10-15(9-19(27)24(21)36-14-16-5-2-3-8-20(16)28)11-22-25(33)31(26(34)37-22)13-23(32)30-18-7-4-6-17(29)12-18/h2-12H,13-14H2,1H3,(H,30,32)/b22-11-. The maximum atomic E-state index is 13.3. The highest BCUT2D eigenvalue weighted by Crippen LogP contribution is 2.39. The topological polar surface area (TPSA) is 84.9 Å². The summed E-state index contributed by atoms with van der Waals surface area (Å²) in [6.07, 6.45) is 1.53. The molecule has 3 aromatic carbocycles. The smallest absolute Gasteiger partial charge is 0.294 e. The second kappa shape index (κ2) is 11.8. The molecule has 0 unspecified atom stereocenters. The van der Waals surface area contributed by atoms with Gasteiger partial charge in [0.2, 0.25) is 5.91 Å². The average molecular weight is 606 g/mol. The van der Waals surface area contributed by atoms with E-state index < -0.39 is 29.4 Å². The van der Waals surface area contributed by atoms with Crippen LogP contribution in [0.3, 0.4) is 0 Å². The average Bonchev–Trinajstić information content (AvgIpc) is 3.11. The zero-order valence-corrected chi connectivity index (χ0v) is 22.5. The molecule has 0 bridgehead atoms. The number of nitrogens with zero attached hydrogens (tertiary/aromatic N) is 1. The normalized spacial score (nSPS) is 14.3. The van der Waals surface area contributed by atoms with Gasteiger partial charge in [0, 0.05) is 16.3 Å². The number of anilines is 1. The summed E-state index contributed by atoms with van der Waals surface area (Å²) in [6, 6.07) is 16.0. The lowest BCUT2D eigenvalue weighted by Gasteiger charge is -2.14. The van der Waals surface area contributed by atoms with Crippen LogP contribution in [0.4, 0.5) is 14.9 Å². The number of methoxy groups -OCH3 is 1. The molecule has 0 aliphatic carbocycles. The van der Waals surface area contributed by atoms with E-state index in [9.17, 15) is 18.8 Å². The summed E-state index contributed by atoms with van der Waals surface area (Å²) in [5, 5.41) is 2.46. The lowest BCUT2D eigenvalue weighted by Crippen LogP contribution is -2.36. The first-order valence-electron chi connectivity index (χ1n) is 10.8. The number of nitrogens with one attached hydrogen (secondary N) is 1. The Morgan fingerprint density at radius 1 is 1.16 bits per heavy atom. The Hall–Kier alpha value is -3.34. The van der Waals surface area contributed by atoms with Crippen molar-refractivity contribution in [2.45, 2.75) is 6.61 Å². The maximum absolute atomic E-state index is 13.3. The lowest BCUT2D eigenvalue weighted by molar-refractivity contribution is -0.127. The van der Waals surface area contributed by atoms with Crippen molar-refractivity contribution < 1.29 is 28.2 Å². The first kappa shape index (κ1) is 26.7. The fourth-order valence-electron chi connectivity index (χ4n) is 3.43. The molecule has 1 aliphatic rings. The summed E-state index contributed by atoms with van der Waals surface area (Å²) in [5.41, 5.74) is 1.60. The molecule has 0 saturated carbocycles. The summed E-state index contributed by atoms with van der Waals surface area (Å²) >= 11 is 10.4. The number of halogens is 3. The first-order chi connectivity index (χ1) is 17.7. The maximum Gasteiger partial charge on any atom is 0.294 e. The van der Waals surface area contributed by atoms with Crippen LogP contribution in [0.5, 0.6) is 11.5 Å². The number of carbonyl (C=O) groups is 3. The van der Waals surface area contributed by atoms with Crippen molar-refractivity contribution in [1.29, 1.82) is 0 Å². The van der Waals surface area contributed by atoms with E-state index in [0.29, 0.717) is 38.3 Å². The molecule has 190 valence electrons. The number of rotatable bonds is 8. The zero-order chi connectivity index (χ0) is 26.5. The molecule has 3 aromatic rings. The van der Waals surface area contributed by atoms with E-state index in [0.717, 1.165) is 16.5 Å². The number of hydrogen-bond donors (Lipinski definition) is 1. The molecule has 7 nitrogen and oxygen atoms in total. The Balaban J connectivity index is 1.48. The predicted molar refractivity (Wildman–Crippen MR) is 144 cm³/mol. The number of benzene rings is 3. The second-order valence-electron chi connectivity index (χ2n) is 7.74. The van der Waals surface area contributed by atoms with Gasteiger partial charge in [-0.3, -0.25) is 19.3 Å². The minimum Gasteiger partial charge on any atom is -0.493 e. The molecule has 1 fully saturated rings. The van der Waals surface area contributed by atoms with Crippen LogP contribution in [-0.2, 0) is 16.2 Å². The molecule has 3 amide bonds. The third kappa shape index (κ3) is 6.51. The van der Waals surface area contributed by atoms with Gasteiger partial charge in [-0.2, -0.15) is 0 Å². The van der Waals surface area contributed by atoms with E-state index in [4.69, 9.17) is 21.1 Å². The van der Waals surface area contributed by atoms with Crippen LogP contribution in [0.2, 0.25) is 5.02 Å². The molecular weight excluding hydrogens is 587 g/mol.